The first kappa shape index (κ1) is 81.7. The molecule has 0 spiro atoms. The third kappa shape index (κ3) is 21.3. The predicted molar refractivity (Wildman–Crippen MR) is 316 cm³/mol. The molecule has 550 valence electrons. The Bertz CT molecular complexity index is 3380. The van der Waals surface area contributed by atoms with Crippen molar-refractivity contribution in [3.63, 3.8) is 0 Å². The van der Waals surface area contributed by atoms with Gasteiger partial charge >= 0.3 is 51.9 Å². The number of aliphatic hydroxyl groups is 15. The van der Waals surface area contributed by atoms with E-state index >= 15 is 0 Å². The van der Waals surface area contributed by atoms with Crippen molar-refractivity contribution in [2.75, 3.05) is 61.7 Å². The molecule has 0 unspecified atom stereocenters. The van der Waals surface area contributed by atoms with Gasteiger partial charge in [0.05, 0.1) is 33.0 Å². The molecule has 0 radical (unpaired) electrons. The van der Waals surface area contributed by atoms with Crippen molar-refractivity contribution in [2.24, 2.45) is 0 Å². The maximum absolute atomic E-state index is 11.5. The molecule has 30 N–H and O–H groups in total. The highest BCUT2D eigenvalue weighted by Gasteiger charge is 2.48. The molecule has 20 atom stereocenters. The van der Waals surface area contributed by atoms with Gasteiger partial charge in [-0.25, -0.2) is 37.7 Å². The highest BCUT2D eigenvalue weighted by Crippen LogP contribution is 2.64. The van der Waals surface area contributed by atoms with Gasteiger partial charge < -0.3 is 153 Å². The molecule has 0 aromatic carbocycles. The number of rotatable bonds is 14. The van der Waals surface area contributed by atoms with Gasteiger partial charge in [0.15, 0.2) is 31.1 Å². The minimum atomic E-state index is -5.46. The highest BCUT2D eigenvalue weighted by atomic mass is 31.3. The number of aromatic nitrogens is 10. The summed E-state index contributed by atoms with van der Waals surface area (Å²) >= 11 is 0. The Labute approximate surface area is 544 Å². The van der Waals surface area contributed by atoms with Crippen molar-refractivity contribution < 1.29 is 147 Å². The second-order valence-electron chi connectivity index (χ2n) is 20.5. The molecule has 0 bridgehead atoms. The van der Waals surface area contributed by atoms with Crippen molar-refractivity contribution in [3.8, 4) is 0 Å². The lowest BCUT2D eigenvalue weighted by Gasteiger charge is -2.16. The summed E-state index contributed by atoms with van der Waals surface area (Å²) in [6.45, 7) is -2.26. The number of anilines is 5. The molecular weight excluding hydrogens is 1400 g/mol. The van der Waals surface area contributed by atoms with Crippen molar-refractivity contribution >= 4 is 52.6 Å². The van der Waals surface area contributed by atoms with Crippen LogP contribution in [0.3, 0.4) is 0 Å². The number of ether oxygens (including phenoxy) is 5. The van der Waals surface area contributed by atoms with Gasteiger partial charge in [-0.05, 0) is 30.3 Å². The molecular formula is C45H70N15O35P3. The average Bonchev–Trinajstić information content (AvgIpc) is 1.67. The van der Waals surface area contributed by atoms with E-state index < -0.39 is 208 Å². The van der Waals surface area contributed by atoms with Gasteiger partial charge in [0.2, 0.25) is 0 Å². The van der Waals surface area contributed by atoms with Gasteiger partial charge in [0.1, 0.15) is 121 Å². The standard InChI is InChI=1S/5C9H13N3O5.H5O10P3/c5*10-5-1-2-12(9(16)11-5)8-7(15)6(14)4(3-13)17-8;1-11(2,3)9-13(7,8)10-12(4,5)6/h5*1-2,4,6-8,13-15H,3H2,(H2,10,11,16);(H,7,8)(H2,1,2,3)(H2,4,5,6)/t5*4-,6-,7-,8-;/m11111./s1. The van der Waals surface area contributed by atoms with Crippen LogP contribution in [-0.4, -0.2) is 273 Å². The number of nitrogens with zero attached hydrogens (tertiary/aromatic N) is 10. The van der Waals surface area contributed by atoms with E-state index in [1.54, 1.807) is 0 Å². The van der Waals surface area contributed by atoms with Crippen LogP contribution in [0.2, 0.25) is 0 Å². The fourth-order valence-electron chi connectivity index (χ4n) is 8.93. The molecule has 5 saturated heterocycles. The summed E-state index contributed by atoms with van der Waals surface area (Å²) in [7, 11) is -16.2. The Morgan fingerprint density at radius 1 is 0.327 bits per heavy atom. The minimum absolute atomic E-state index is 0.0537. The Morgan fingerprint density at radius 3 is 0.592 bits per heavy atom. The SMILES string of the molecule is Nc1ccn([C@@H]2O[C@H](CO)[C@@H](O)[C@H]2O)c(=O)n1.Nc1ccn([C@@H]2O[C@H](CO)[C@@H](O)[C@H]2O)c(=O)n1.Nc1ccn([C@@H]2O[C@H](CO)[C@@H](O)[C@H]2O)c(=O)n1.Nc1ccn([C@@H]2O[C@H](CO)[C@@H](O)[C@H]2O)c(=O)n1.Nc1ccn([C@@H]2O[C@H](CO)[C@@H](O)[C@H]2O)c(=O)n1.O=P(O)(O)OP(=O)(O)OP(=O)(O)O. The smallest absolute Gasteiger partial charge is 0.394 e. The second kappa shape index (κ2) is 34.9. The van der Waals surface area contributed by atoms with E-state index in [2.05, 4.69) is 33.5 Å². The monoisotopic (exact) mass is 1470 g/mol. The lowest BCUT2D eigenvalue weighted by molar-refractivity contribution is -0.0549. The zero-order valence-electron chi connectivity index (χ0n) is 49.6. The zero-order chi connectivity index (χ0) is 73.8. The topological polar surface area (TPSA) is 825 Å². The van der Waals surface area contributed by atoms with Gasteiger partial charge in [-0.1, -0.05) is 0 Å². The maximum Gasteiger partial charge on any atom is 0.490 e. The Kier molecular flexibility index (Phi) is 29.1. The highest BCUT2D eigenvalue weighted by molar-refractivity contribution is 7.66. The first-order valence-corrected chi connectivity index (χ1v) is 31.9. The fourth-order valence-corrected chi connectivity index (χ4v) is 11.5. The summed E-state index contributed by atoms with van der Waals surface area (Å²) in [6.07, 6.45) is -16.3. The minimum Gasteiger partial charge on any atom is -0.394 e. The third-order valence-corrected chi connectivity index (χ3v) is 17.0. The van der Waals surface area contributed by atoms with E-state index in [1.807, 2.05) is 0 Å². The molecule has 10 heterocycles. The maximum atomic E-state index is 11.5. The predicted octanol–water partition coefficient (Wildman–Crippen LogP) is -13.5. The normalized spacial score (nSPS) is 30.4. The lowest BCUT2D eigenvalue weighted by Crippen LogP contribution is -2.36. The number of nitrogens with two attached hydrogens (primary N) is 5. The first-order valence-electron chi connectivity index (χ1n) is 27.3. The number of nitrogen functional groups attached to an aromatic ring is 5. The van der Waals surface area contributed by atoms with Gasteiger partial charge in [-0.2, -0.15) is 33.5 Å². The van der Waals surface area contributed by atoms with E-state index in [4.69, 9.17) is 102 Å². The number of hydrogen-bond donors (Lipinski definition) is 25. The van der Waals surface area contributed by atoms with Crippen LogP contribution in [0, 0.1) is 0 Å². The van der Waals surface area contributed by atoms with E-state index in [9.17, 15) is 88.7 Å². The van der Waals surface area contributed by atoms with E-state index in [0.717, 1.165) is 22.8 Å². The summed E-state index contributed by atoms with van der Waals surface area (Å²) < 4.78 is 67.3. The van der Waals surface area contributed by atoms with Gasteiger partial charge in [0, 0.05) is 31.0 Å². The largest absolute Gasteiger partial charge is 0.490 e. The molecule has 5 fully saturated rings. The summed E-state index contributed by atoms with van der Waals surface area (Å²) in [5, 5.41) is 141. The summed E-state index contributed by atoms with van der Waals surface area (Å²) in [6, 6.07) is 6.86. The molecule has 53 heteroatoms. The van der Waals surface area contributed by atoms with Crippen LogP contribution in [0.5, 0.6) is 0 Å². The number of aliphatic hydroxyl groups excluding tert-OH is 15. The van der Waals surface area contributed by atoms with E-state index in [0.29, 0.717) is 0 Å². The molecule has 5 aliphatic heterocycles. The first-order chi connectivity index (χ1) is 45.6. The zero-order valence-corrected chi connectivity index (χ0v) is 52.3. The van der Waals surface area contributed by atoms with Crippen molar-refractivity contribution in [1.29, 1.82) is 0 Å². The van der Waals surface area contributed by atoms with Crippen LogP contribution in [0.15, 0.2) is 85.3 Å². The number of hydrogen-bond acceptors (Lipinski definition) is 40. The molecule has 5 aromatic rings. The van der Waals surface area contributed by atoms with Crippen LogP contribution in [-0.2, 0) is 46.0 Å². The second-order valence-corrected chi connectivity index (χ2v) is 24.7. The third-order valence-electron chi connectivity index (χ3n) is 13.6. The summed E-state index contributed by atoms with van der Waals surface area (Å²) in [5.74, 6) is 0.268. The molecule has 50 nitrogen and oxygen atoms in total. The molecule has 5 aliphatic rings. The lowest BCUT2D eigenvalue weighted by atomic mass is 10.1. The van der Waals surface area contributed by atoms with Crippen molar-refractivity contribution in [1.82, 2.24) is 47.8 Å². The molecule has 98 heavy (non-hydrogen) atoms. The molecule has 0 saturated carbocycles. The Morgan fingerprint density at radius 2 is 0.480 bits per heavy atom. The van der Waals surface area contributed by atoms with Gasteiger partial charge in [-0.3, -0.25) is 22.8 Å². The van der Waals surface area contributed by atoms with Gasteiger partial charge in [0.25, 0.3) is 0 Å². The van der Waals surface area contributed by atoms with E-state index in [-0.39, 0.29) is 29.1 Å². The van der Waals surface area contributed by atoms with Crippen LogP contribution in [0.4, 0.5) is 29.1 Å². The quantitative estimate of drug-likeness (QED) is 0.0459. The van der Waals surface area contributed by atoms with E-state index in [1.165, 1.54) is 61.3 Å². The van der Waals surface area contributed by atoms with Crippen molar-refractivity contribution in [3.05, 3.63) is 114 Å². The Balaban J connectivity index is 0.000000213. The average molecular weight is 1470 g/mol. The molecule has 0 aliphatic carbocycles. The van der Waals surface area contributed by atoms with Crippen LogP contribution >= 0.6 is 23.5 Å². The molecule has 0 amide bonds. The van der Waals surface area contributed by atoms with Crippen molar-refractivity contribution in [2.45, 2.75) is 123 Å². The van der Waals surface area contributed by atoms with Crippen LogP contribution in [0.1, 0.15) is 31.1 Å². The fraction of sp³-hybridized carbons (Fsp3) is 0.556. The van der Waals surface area contributed by atoms with Crippen LogP contribution < -0.4 is 57.1 Å². The Hall–Kier alpha value is -6.99. The molecule has 5 aromatic heterocycles. The van der Waals surface area contributed by atoms with Gasteiger partial charge in [-0.15, -0.1) is 0 Å². The van der Waals surface area contributed by atoms with Crippen LogP contribution in [0.25, 0.3) is 0 Å². The summed E-state index contributed by atoms with van der Waals surface area (Å²) in [5.41, 5.74) is 23.1. The molecule has 10 rings (SSSR count). The number of phosphoric acid groups is 3. The summed E-state index contributed by atoms with van der Waals surface area (Å²) in [4.78, 5) is 115.